The highest BCUT2D eigenvalue weighted by molar-refractivity contribution is 7.07. The molecule has 192 valence electrons. The number of aryl methyl sites for hydroxylation is 2. The molecule has 0 fully saturated rings. The molecule has 4 heterocycles. The Morgan fingerprint density at radius 3 is 2.64 bits per heavy atom. The number of allylic oxidation sites excluding steroid dienone is 1. The summed E-state index contributed by atoms with van der Waals surface area (Å²) < 4.78 is 4.72. The summed E-state index contributed by atoms with van der Waals surface area (Å²) >= 11 is 7.70. The Balaban J connectivity index is 1.45. The van der Waals surface area contributed by atoms with Gasteiger partial charge < -0.3 is 4.57 Å². The second-order valence-electron chi connectivity index (χ2n) is 10.0. The molecule has 39 heavy (non-hydrogen) atoms. The van der Waals surface area contributed by atoms with Gasteiger partial charge in [-0.05, 0) is 85.4 Å². The molecule has 1 aliphatic heterocycles. The predicted molar refractivity (Wildman–Crippen MR) is 157 cm³/mol. The molecule has 7 heteroatoms. The van der Waals surface area contributed by atoms with Crippen molar-refractivity contribution in [2.24, 2.45) is 4.99 Å². The third-order valence-electron chi connectivity index (χ3n) is 7.72. The number of hydrogen-bond donors (Lipinski definition) is 0. The van der Waals surface area contributed by atoms with Gasteiger partial charge in [0.1, 0.15) is 0 Å². The minimum absolute atomic E-state index is 0.0183. The molecular weight excluding hydrogens is 524 g/mol. The Bertz CT molecular complexity index is 1960. The van der Waals surface area contributed by atoms with Crippen LogP contribution in [0.15, 0.2) is 94.5 Å². The zero-order chi connectivity index (χ0) is 26.7. The highest BCUT2D eigenvalue weighted by Crippen LogP contribution is 2.41. The maximum atomic E-state index is 14.1. The molecule has 2 aromatic carbocycles. The van der Waals surface area contributed by atoms with Crippen LogP contribution in [-0.2, 0) is 6.42 Å². The lowest BCUT2D eigenvalue weighted by atomic mass is 9.83. The summed E-state index contributed by atoms with van der Waals surface area (Å²) in [6.07, 6.45) is 7.42. The summed E-state index contributed by atoms with van der Waals surface area (Å²) in [5.41, 5.74) is 9.84. The van der Waals surface area contributed by atoms with Crippen LogP contribution in [0, 0.1) is 13.8 Å². The fourth-order valence-electron chi connectivity index (χ4n) is 5.93. The largest absolute Gasteiger partial charge is 0.316 e. The molecule has 5 aromatic rings. The average Bonchev–Trinajstić information content (AvgIpc) is 3.42. The van der Waals surface area contributed by atoms with Crippen LogP contribution in [-0.4, -0.2) is 14.1 Å². The molecule has 0 spiro atoms. The van der Waals surface area contributed by atoms with E-state index < -0.39 is 0 Å². The zero-order valence-corrected chi connectivity index (χ0v) is 23.1. The molecule has 5 nitrogen and oxygen atoms in total. The second-order valence-corrected chi connectivity index (χ2v) is 11.5. The standard InChI is InChI=1S/C32H25ClN4OS/c1-19-16-23(20(2)36(19)25-7-5-15-34-18-25)17-28-31(38)37-30(22-9-12-24(33)13-10-22)27-14-11-21-6-3-4-8-26(21)29(27)35-32(37)39-28/h3-10,12-13,15-18,30H,11,14H2,1-2H3/b28-17-/t30-/m1/s1. The summed E-state index contributed by atoms with van der Waals surface area (Å²) in [7, 11) is 0. The number of fused-ring (bicyclic) bond motifs is 3. The molecule has 0 N–H and O–H groups in total. The molecule has 0 unspecified atom stereocenters. The van der Waals surface area contributed by atoms with E-state index in [1.165, 1.54) is 22.5 Å². The molecule has 0 radical (unpaired) electrons. The average molecular weight is 549 g/mol. The molecule has 0 amide bonds. The van der Waals surface area contributed by atoms with Crippen LogP contribution in [0.25, 0.3) is 17.5 Å². The van der Waals surface area contributed by atoms with Gasteiger partial charge in [-0.15, -0.1) is 0 Å². The molecular formula is C32H25ClN4OS. The number of halogens is 1. The summed E-state index contributed by atoms with van der Waals surface area (Å²) in [5.74, 6) is 0. The van der Waals surface area contributed by atoms with E-state index in [1.807, 2.05) is 53.2 Å². The van der Waals surface area contributed by atoms with Crippen molar-refractivity contribution in [1.29, 1.82) is 0 Å². The number of thiazole rings is 1. The summed E-state index contributed by atoms with van der Waals surface area (Å²) in [4.78, 5) is 24.2. The lowest BCUT2D eigenvalue weighted by Gasteiger charge is -2.30. The number of hydrogen-bond acceptors (Lipinski definition) is 4. The van der Waals surface area contributed by atoms with E-state index in [-0.39, 0.29) is 11.6 Å². The zero-order valence-electron chi connectivity index (χ0n) is 21.6. The Labute approximate surface area is 234 Å². The van der Waals surface area contributed by atoms with Crippen LogP contribution in [0.4, 0.5) is 0 Å². The first kappa shape index (κ1) is 24.1. The molecule has 3 aromatic heterocycles. The summed E-state index contributed by atoms with van der Waals surface area (Å²) in [6, 6.07) is 22.2. The maximum Gasteiger partial charge on any atom is 0.271 e. The van der Waals surface area contributed by atoms with Gasteiger partial charge in [0.2, 0.25) is 0 Å². The number of nitrogens with zero attached hydrogens (tertiary/aromatic N) is 4. The van der Waals surface area contributed by atoms with Gasteiger partial charge in [0.05, 0.1) is 28.2 Å². The third kappa shape index (κ3) is 3.94. The van der Waals surface area contributed by atoms with Crippen molar-refractivity contribution in [3.05, 3.63) is 143 Å². The number of aromatic nitrogens is 3. The van der Waals surface area contributed by atoms with Gasteiger partial charge in [-0.25, -0.2) is 4.99 Å². The Morgan fingerprint density at radius 2 is 1.85 bits per heavy atom. The highest BCUT2D eigenvalue weighted by Gasteiger charge is 2.32. The molecule has 0 saturated heterocycles. The highest BCUT2D eigenvalue weighted by atomic mass is 35.5. The fourth-order valence-corrected chi connectivity index (χ4v) is 7.04. The Morgan fingerprint density at radius 1 is 1.03 bits per heavy atom. The van der Waals surface area contributed by atoms with Crippen LogP contribution in [0.3, 0.4) is 0 Å². The molecule has 7 rings (SSSR count). The SMILES string of the molecule is Cc1cc(/C=c2\sc3n(c2=O)[C@H](c2ccc(Cl)cc2)C2=C(N=3)c3ccccc3CC2)c(C)n1-c1cccnc1. The van der Waals surface area contributed by atoms with Gasteiger partial charge in [0.15, 0.2) is 4.80 Å². The van der Waals surface area contributed by atoms with E-state index in [1.54, 1.807) is 6.20 Å². The summed E-state index contributed by atoms with van der Waals surface area (Å²) in [6.45, 7) is 4.15. The van der Waals surface area contributed by atoms with Gasteiger partial charge in [-0.1, -0.05) is 59.3 Å². The third-order valence-corrected chi connectivity index (χ3v) is 8.95. The normalized spacial score (nSPS) is 16.5. The van der Waals surface area contributed by atoms with Crippen LogP contribution in [0.1, 0.15) is 46.1 Å². The lowest BCUT2D eigenvalue weighted by molar-refractivity contribution is 0.585. The van der Waals surface area contributed by atoms with Gasteiger partial charge in [0, 0.05) is 28.2 Å². The van der Waals surface area contributed by atoms with Crippen molar-refractivity contribution in [3.63, 3.8) is 0 Å². The van der Waals surface area contributed by atoms with Gasteiger partial charge >= 0.3 is 0 Å². The predicted octanol–water partition coefficient (Wildman–Crippen LogP) is 5.77. The molecule has 0 saturated carbocycles. The van der Waals surface area contributed by atoms with E-state index in [9.17, 15) is 4.79 Å². The molecule has 1 aliphatic carbocycles. The van der Waals surface area contributed by atoms with Crippen LogP contribution < -0.4 is 14.9 Å². The van der Waals surface area contributed by atoms with Crippen LogP contribution in [0.5, 0.6) is 0 Å². The number of rotatable bonds is 3. The minimum Gasteiger partial charge on any atom is -0.316 e. The summed E-state index contributed by atoms with van der Waals surface area (Å²) in [5, 5.41) is 0.679. The van der Waals surface area contributed by atoms with Crippen LogP contribution >= 0.6 is 22.9 Å². The first-order valence-electron chi connectivity index (χ1n) is 13.0. The maximum absolute atomic E-state index is 14.1. The van der Waals surface area contributed by atoms with Crippen molar-refractivity contribution in [3.8, 4) is 5.69 Å². The van der Waals surface area contributed by atoms with Crippen molar-refractivity contribution in [2.75, 3.05) is 0 Å². The van der Waals surface area contributed by atoms with E-state index >= 15 is 0 Å². The quantitative estimate of drug-likeness (QED) is 0.287. The minimum atomic E-state index is -0.216. The monoisotopic (exact) mass is 548 g/mol. The van der Waals surface area contributed by atoms with Crippen LogP contribution in [0.2, 0.25) is 5.02 Å². The molecule has 0 bridgehead atoms. The number of benzene rings is 2. The second kappa shape index (κ2) is 9.33. The van der Waals surface area contributed by atoms with E-state index in [4.69, 9.17) is 16.6 Å². The van der Waals surface area contributed by atoms with E-state index in [0.29, 0.717) is 9.55 Å². The van der Waals surface area contributed by atoms with Crippen molar-refractivity contribution in [2.45, 2.75) is 32.7 Å². The molecule has 1 atom stereocenters. The lowest BCUT2D eigenvalue weighted by Crippen LogP contribution is -2.38. The van der Waals surface area contributed by atoms with Gasteiger partial charge in [0.25, 0.3) is 5.56 Å². The van der Waals surface area contributed by atoms with E-state index in [2.05, 4.69) is 53.7 Å². The topological polar surface area (TPSA) is 52.2 Å². The van der Waals surface area contributed by atoms with Gasteiger partial charge in [-0.2, -0.15) is 0 Å². The smallest absolute Gasteiger partial charge is 0.271 e. The van der Waals surface area contributed by atoms with E-state index in [0.717, 1.165) is 57.1 Å². The van der Waals surface area contributed by atoms with Crippen molar-refractivity contribution >= 4 is 34.7 Å². The molecule has 2 aliphatic rings. The first-order valence-corrected chi connectivity index (χ1v) is 14.2. The van der Waals surface area contributed by atoms with Crippen molar-refractivity contribution < 1.29 is 0 Å². The Kier molecular flexibility index (Phi) is 5.76. The fraction of sp³-hybridized carbons (Fsp3) is 0.156. The van der Waals surface area contributed by atoms with Crippen molar-refractivity contribution in [1.82, 2.24) is 14.1 Å². The number of pyridine rings is 1. The first-order chi connectivity index (χ1) is 19.0. The Hall–Kier alpha value is -4.00. The van der Waals surface area contributed by atoms with Gasteiger partial charge in [-0.3, -0.25) is 14.3 Å².